The van der Waals surface area contributed by atoms with Crippen LogP contribution in [0.4, 0.5) is 13.2 Å². The number of hydrogen-bond donors (Lipinski definition) is 2. The molecule has 10 heteroatoms. The Labute approximate surface area is 163 Å². The van der Waals surface area contributed by atoms with Gasteiger partial charge in [-0.05, 0) is 42.5 Å². The lowest BCUT2D eigenvalue weighted by molar-refractivity contribution is -0.138. The van der Waals surface area contributed by atoms with E-state index in [1.54, 1.807) is 4.90 Å². The fourth-order valence-electron chi connectivity index (χ4n) is 2.90. The van der Waals surface area contributed by atoms with Gasteiger partial charge in [0.2, 0.25) is 15.9 Å². The highest BCUT2D eigenvalue weighted by Gasteiger charge is 2.34. The first kappa shape index (κ1) is 22.6. The van der Waals surface area contributed by atoms with Gasteiger partial charge in [0.15, 0.2) is 0 Å². The maximum Gasteiger partial charge on any atom is 0.416 e. The average molecular weight is 421 g/mol. The van der Waals surface area contributed by atoms with Gasteiger partial charge in [-0.25, -0.2) is 13.1 Å². The SMILES string of the molecule is CC(C)(C)[C@H](N)C(=O)N1CCC(NS(=O)(=O)c2ccc(C(F)(F)F)cc2)CC1. The van der Waals surface area contributed by atoms with Crippen molar-refractivity contribution in [1.29, 1.82) is 0 Å². The average Bonchev–Trinajstić information content (AvgIpc) is 2.59. The number of hydrogen-bond acceptors (Lipinski definition) is 4. The molecule has 158 valence electrons. The quantitative estimate of drug-likeness (QED) is 0.781. The molecule has 1 aromatic rings. The van der Waals surface area contributed by atoms with Crippen molar-refractivity contribution in [1.82, 2.24) is 9.62 Å². The maximum atomic E-state index is 12.6. The van der Waals surface area contributed by atoms with Gasteiger partial charge in [0, 0.05) is 19.1 Å². The topological polar surface area (TPSA) is 92.5 Å². The fraction of sp³-hybridized carbons (Fsp3) is 0.611. The van der Waals surface area contributed by atoms with Crippen LogP contribution >= 0.6 is 0 Å². The zero-order chi connectivity index (χ0) is 21.3. The van der Waals surface area contributed by atoms with E-state index < -0.39 is 33.8 Å². The summed E-state index contributed by atoms with van der Waals surface area (Å²) >= 11 is 0. The molecular weight excluding hydrogens is 395 g/mol. The third kappa shape index (κ3) is 5.45. The number of alkyl halides is 3. The molecule has 0 spiro atoms. The van der Waals surface area contributed by atoms with E-state index in [-0.39, 0.29) is 16.2 Å². The number of piperidine rings is 1. The van der Waals surface area contributed by atoms with E-state index in [0.29, 0.717) is 25.9 Å². The zero-order valence-corrected chi connectivity index (χ0v) is 16.9. The predicted octanol–water partition coefficient (Wildman–Crippen LogP) is 2.35. The molecule has 0 unspecified atom stereocenters. The Morgan fingerprint density at radius 1 is 1.14 bits per heavy atom. The highest BCUT2D eigenvalue weighted by atomic mass is 32.2. The summed E-state index contributed by atoms with van der Waals surface area (Å²) in [5.74, 6) is -0.170. The second-order valence-corrected chi connectivity index (χ2v) is 9.80. The van der Waals surface area contributed by atoms with Gasteiger partial charge in [-0.1, -0.05) is 20.8 Å². The van der Waals surface area contributed by atoms with Gasteiger partial charge in [0.1, 0.15) is 0 Å². The summed E-state index contributed by atoms with van der Waals surface area (Å²) in [7, 11) is -3.94. The number of carbonyl (C=O) groups is 1. The third-order valence-corrected chi connectivity index (χ3v) is 6.36. The number of halogens is 3. The van der Waals surface area contributed by atoms with Gasteiger partial charge in [-0.2, -0.15) is 13.2 Å². The molecule has 3 N–H and O–H groups in total. The second kappa shape index (κ2) is 8.00. The predicted molar refractivity (Wildman–Crippen MR) is 98.8 cm³/mol. The molecule has 1 aromatic carbocycles. The minimum Gasteiger partial charge on any atom is -0.341 e. The minimum atomic E-state index is -4.52. The number of nitrogens with two attached hydrogens (primary N) is 1. The number of sulfonamides is 1. The molecule has 1 aliphatic heterocycles. The Morgan fingerprint density at radius 3 is 2.07 bits per heavy atom. The van der Waals surface area contributed by atoms with Gasteiger partial charge in [-0.15, -0.1) is 0 Å². The van der Waals surface area contributed by atoms with Crippen LogP contribution < -0.4 is 10.5 Å². The summed E-state index contributed by atoms with van der Waals surface area (Å²) in [6.07, 6.45) is -3.71. The van der Waals surface area contributed by atoms with Crippen molar-refractivity contribution < 1.29 is 26.4 Å². The highest BCUT2D eigenvalue weighted by molar-refractivity contribution is 7.89. The molecular formula is C18H26F3N3O3S. The van der Waals surface area contributed by atoms with Crippen molar-refractivity contribution >= 4 is 15.9 Å². The minimum absolute atomic E-state index is 0.170. The van der Waals surface area contributed by atoms with Crippen LogP contribution in [0.3, 0.4) is 0 Å². The Morgan fingerprint density at radius 2 is 1.64 bits per heavy atom. The Balaban J connectivity index is 1.97. The van der Waals surface area contributed by atoms with Crippen LogP contribution in [0.2, 0.25) is 0 Å². The molecule has 0 aliphatic carbocycles. The largest absolute Gasteiger partial charge is 0.416 e. The van der Waals surface area contributed by atoms with E-state index in [1.807, 2.05) is 20.8 Å². The molecule has 0 aromatic heterocycles. The standard InChI is InChI=1S/C18H26F3N3O3S/c1-17(2,3)15(22)16(25)24-10-8-13(9-11-24)23-28(26,27)14-6-4-12(5-7-14)18(19,20)21/h4-7,13,15,23H,8-11,22H2,1-3H3/t15-/m1/s1. The molecule has 0 radical (unpaired) electrons. The smallest absolute Gasteiger partial charge is 0.341 e. The first-order valence-electron chi connectivity index (χ1n) is 8.96. The molecule has 1 saturated heterocycles. The van der Waals surface area contributed by atoms with Gasteiger partial charge in [0.05, 0.1) is 16.5 Å². The summed E-state index contributed by atoms with van der Waals surface area (Å²) in [5.41, 5.74) is 4.71. The van der Waals surface area contributed by atoms with Gasteiger partial charge >= 0.3 is 6.18 Å². The molecule has 1 fully saturated rings. The number of rotatable bonds is 4. The molecule has 1 aliphatic rings. The van der Waals surface area contributed by atoms with Crippen LogP contribution in [0.5, 0.6) is 0 Å². The van der Waals surface area contributed by atoms with Crippen LogP contribution in [-0.4, -0.2) is 44.4 Å². The lowest BCUT2D eigenvalue weighted by Gasteiger charge is -2.36. The van der Waals surface area contributed by atoms with Gasteiger partial charge in [0.25, 0.3) is 0 Å². The Bertz CT molecular complexity index is 794. The first-order valence-corrected chi connectivity index (χ1v) is 10.4. The molecule has 6 nitrogen and oxygen atoms in total. The van der Waals surface area contributed by atoms with Crippen LogP contribution in [0, 0.1) is 5.41 Å². The lowest BCUT2D eigenvalue weighted by Crippen LogP contribution is -2.54. The Hall–Kier alpha value is -1.65. The van der Waals surface area contributed by atoms with Gasteiger partial charge < -0.3 is 10.6 Å². The summed E-state index contributed by atoms with van der Waals surface area (Å²) < 4.78 is 65.2. The molecule has 0 saturated carbocycles. The van der Waals surface area contributed by atoms with Crippen molar-refractivity contribution in [3.63, 3.8) is 0 Å². The van der Waals surface area contributed by atoms with Crippen LogP contribution in [0.15, 0.2) is 29.2 Å². The molecule has 0 bridgehead atoms. The zero-order valence-electron chi connectivity index (χ0n) is 16.1. The van der Waals surface area contributed by atoms with Crippen molar-refractivity contribution in [3.8, 4) is 0 Å². The number of carbonyl (C=O) groups excluding carboxylic acids is 1. The molecule has 1 atom stereocenters. The van der Waals surface area contributed by atoms with Crippen molar-refractivity contribution in [2.75, 3.05) is 13.1 Å². The van der Waals surface area contributed by atoms with Crippen molar-refractivity contribution in [2.24, 2.45) is 11.1 Å². The number of benzene rings is 1. The third-order valence-electron chi connectivity index (χ3n) is 4.82. The summed E-state index contributed by atoms with van der Waals surface area (Å²) in [5, 5.41) is 0. The monoisotopic (exact) mass is 421 g/mol. The number of nitrogens with one attached hydrogen (secondary N) is 1. The molecule has 1 heterocycles. The lowest BCUT2D eigenvalue weighted by atomic mass is 9.86. The number of nitrogens with zero attached hydrogens (tertiary/aromatic N) is 1. The van der Waals surface area contributed by atoms with Crippen LogP contribution in [0.25, 0.3) is 0 Å². The fourth-order valence-corrected chi connectivity index (χ4v) is 4.20. The first-order chi connectivity index (χ1) is 12.7. The number of likely N-dealkylation sites (tertiary alicyclic amines) is 1. The van der Waals surface area contributed by atoms with E-state index in [2.05, 4.69) is 4.72 Å². The summed E-state index contributed by atoms with van der Waals surface area (Å²) in [6.45, 7) is 6.35. The molecule has 28 heavy (non-hydrogen) atoms. The molecule has 1 amide bonds. The van der Waals surface area contributed by atoms with E-state index in [0.717, 1.165) is 24.3 Å². The van der Waals surface area contributed by atoms with Crippen molar-refractivity contribution in [3.05, 3.63) is 29.8 Å². The van der Waals surface area contributed by atoms with E-state index in [4.69, 9.17) is 5.73 Å². The van der Waals surface area contributed by atoms with E-state index >= 15 is 0 Å². The second-order valence-electron chi connectivity index (χ2n) is 8.09. The maximum absolute atomic E-state index is 12.6. The summed E-state index contributed by atoms with van der Waals surface area (Å²) in [6, 6.07) is 2.31. The van der Waals surface area contributed by atoms with Crippen LogP contribution in [0.1, 0.15) is 39.2 Å². The van der Waals surface area contributed by atoms with E-state index in [1.165, 1.54) is 0 Å². The normalized spacial score (nSPS) is 18.2. The number of amides is 1. The van der Waals surface area contributed by atoms with Crippen molar-refractivity contribution in [2.45, 2.75) is 56.8 Å². The Kier molecular flexibility index (Phi) is 6.47. The van der Waals surface area contributed by atoms with Gasteiger partial charge in [-0.3, -0.25) is 4.79 Å². The van der Waals surface area contributed by atoms with E-state index in [9.17, 15) is 26.4 Å². The molecule has 2 rings (SSSR count). The highest BCUT2D eigenvalue weighted by Crippen LogP contribution is 2.30. The van der Waals surface area contributed by atoms with Crippen LogP contribution in [-0.2, 0) is 21.0 Å². The summed E-state index contributed by atoms with van der Waals surface area (Å²) in [4.78, 5) is 13.8.